The Kier molecular flexibility index (Phi) is 4.43. The summed E-state index contributed by atoms with van der Waals surface area (Å²) in [5.74, 6) is -1.95. The average molecular weight is 278 g/mol. The van der Waals surface area contributed by atoms with Gasteiger partial charge in [0.05, 0.1) is 17.1 Å². The highest BCUT2D eigenvalue weighted by Crippen LogP contribution is 2.32. The van der Waals surface area contributed by atoms with Crippen molar-refractivity contribution < 1.29 is 23.6 Å². The quantitative estimate of drug-likeness (QED) is 0.479. The Morgan fingerprint density at radius 1 is 1.56 bits per heavy atom. The summed E-state index contributed by atoms with van der Waals surface area (Å²) >= 11 is 5.69. The zero-order valence-corrected chi connectivity index (χ0v) is 10.2. The van der Waals surface area contributed by atoms with Crippen molar-refractivity contribution in [3.05, 3.63) is 33.1 Å². The molecule has 1 aromatic carbocycles. The molecule has 0 aliphatic carbocycles. The van der Waals surface area contributed by atoms with E-state index >= 15 is 0 Å². The van der Waals surface area contributed by atoms with E-state index in [4.69, 9.17) is 16.3 Å². The van der Waals surface area contributed by atoms with Gasteiger partial charge in [0, 0.05) is 12.1 Å². The standard InChI is InChI=1S/C10H9ClFNO5/c1-5(10(14)17-2)18-9-4-7(12)8(13(15)16)3-6(9)11/h3-5H,1-2H3/t5-/m1/s1. The van der Waals surface area contributed by atoms with E-state index in [1.54, 1.807) is 0 Å². The van der Waals surface area contributed by atoms with Gasteiger partial charge in [-0.15, -0.1) is 0 Å². The Bertz CT molecular complexity index is 493. The van der Waals surface area contributed by atoms with Gasteiger partial charge in [-0.3, -0.25) is 10.1 Å². The Labute approximate surface area is 106 Å². The van der Waals surface area contributed by atoms with E-state index < -0.39 is 28.5 Å². The Morgan fingerprint density at radius 2 is 2.17 bits per heavy atom. The number of rotatable bonds is 4. The van der Waals surface area contributed by atoms with Crippen LogP contribution in [0.15, 0.2) is 12.1 Å². The number of hydrogen-bond acceptors (Lipinski definition) is 5. The third kappa shape index (κ3) is 3.07. The van der Waals surface area contributed by atoms with Gasteiger partial charge in [0.2, 0.25) is 5.82 Å². The Balaban J connectivity index is 3.02. The molecule has 0 aromatic heterocycles. The maximum absolute atomic E-state index is 13.3. The van der Waals surface area contributed by atoms with Crippen molar-refractivity contribution in [2.24, 2.45) is 0 Å². The molecule has 0 heterocycles. The number of carbonyl (C=O) groups is 1. The van der Waals surface area contributed by atoms with Crippen LogP contribution in [0, 0.1) is 15.9 Å². The monoisotopic (exact) mass is 277 g/mol. The molecule has 98 valence electrons. The van der Waals surface area contributed by atoms with E-state index in [9.17, 15) is 19.3 Å². The first kappa shape index (κ1) is 14.2. The minimum Gasteiger partial charge on any atom is -0.477 e. The molecule has 0 bridgehead atoms. The highest BCUT2D eigenvalue weighted by Gasteiger charge is 2.21. The first-order chi connectivity index (χ1) is 8.36. The first-order valence-electron chi connectivity index (χ1n) is 4.74. The zero-order valence-electron chi connectivity index (χ0n) is 9.48. The molecule has 0 unspecified atom stereocenters. The number of carbonyl (C=O) groups excluding carboxylic acids is 1. The van der Waals surface area contributed by atoms with Gasteiger partial charge in [0.1, 0.15) is 5.75 Å². The van der Waals surface area contributed by atoms with Crippen LogP contribution in [-0.2, 0) is 9.53 Å². The summed E-state index contributed by atoms with van der Waals surface area (Å²) in [5.41, 5.74) is -0.766. The lowest BCUT2D eigenvalue weighted by Crippen LogP contribution is -2.25. The molecule has 0 spiro atoms. The van der Waals surface area contributed by atoms with Crippen LogP contribution in [0.1, 0.15) is 6.92 Å². The molecule has 1 rings (SSSR count). The smallest absolute Gasteiger partial charge is 0.346 e. The topological polar surface area (TPSA) is 78.7 Å². The fourth-order valence-corrected chi connectivity index (χ4v) is 1.36. The van der Waals surface area contributed by atoms with Gasteiger partial charge in [0.15, 0.2) is 6.10 Å². The molecule has 1 aromatic rings. The molecular formula is C10H9ClFNO5. The third-order valence-corrected chi connectivity index (χ3v) is 2.33. The highest BCUT2D eigenvalue weighted by molar-refractivity contribution is 6.32. The van der Waals surface area contributed by atoms with Crippen LogP contribution >= 0.6 is 11.6 Å². The number of nitro groups is 1. The molecule has 8 heteroatoms. The van der Waals surface area contributed by atoms with Crippen molar-refractivity contribution in [1.82, 2.24) is 0 Å². The van der Waals surface area contributed by atoms with E-state index in [1.165, 1.54) is 14.0 Å². The number of halogens is 2. The van der Waals surface area contributed by atoms with Crippen LogP contribution < -0.4 is 4.74 Å². The Hall–Kier alpha value is -1.89. The van der Waals surface area contributed by atoms with Gasteiger partial charge in [-0.05, 0) is 6.92 Å². The fraction of sp³-hybridized carbons (Fsp3) is 0.300. The summed E-state index contributed by atoms with van der Waals surface area (Å²) in [6.07, 6.45) is -1.01. The Morgan fingerprint density at radius 3 is 2.67 bits per heavy atom. The summed E-state index contributed by atoms with van der Waals surface area (Å²) in [6, 6.07) is 1.57. The second-order valence-corrected chi connectivity index (χ2v) is 3.68. The highest BCUT2D eigenvalue weighted by atomic mass is 35.5. The predicted molar refractivity (Wildman–Crippen MR) is 60.2 cm³/mol. The minimum absolute atomic E-state index is 0.168. The molecular weight excluding hydrogens is 269 g/mol. The van der Waals surface area contributed by atoms with Gasteiger partial charge >= 0.3 is 11.7 Å². The summed E-state index contributed by atoms with van der Waals surface area (Å²) in [6.45, 7) is 1.38. The van der Waals surface area contributed by atoms with Crippen LogP contribution in [0.3, 0.4) is 0 Å². The molecule has 0 aliphatic rings. The molecule has 1 atom stereocenters. The number of benzene rings is 1. The first-order valence-corrected chi connectivity index (χ1v) is 5.12. The second kappa shape index (κ2) is 5.63. The van der Waals surface area contributed by atoms with Gasteiger partial charge in [0.25, 0.3) is 0 Å². The molecule has 0 radical (unpaired) electrons. The molecule has 0 saturated carbocycles. The average Bonchev–Trinajstić information content (AvgIpc) is 2.31. The second-order valence-electron chi connectivity index (χ2n) is 3.27. The van der Waals surface area contributed by atoms with Crippen molar-refractivity contribution in [2.75, 3.05) is 7.11 Å². The van der Waals surface area contributed by atoms with Gasteiger partial charge in [-0.25, -0.2) is 4.79 Å². The van der Waals surface area contributed by atoms with E-state index in [0.717, 1.165) is 12.1 Å². The maximum atomic E-state index is 13.3. The van der Waals surface area contributed by atoms with Crippen LogP contribution in [0.25, 0.3) is 0 Å². The van der Waals surface area contributed by atoms with Crippen LogP contribution in [0.4, 0.5) is 10.1 Å². The van der Waals surface area contributed by atoms with E-state index in [0.29, 0.717) is 0 Å². The van der Waals surface area contributed by atoms with Crippen molar-refractivity contribution >= 4 is 23.3 Å². The molecule has 0 N–H and O–H groups in total. The number of nitrogens with zero attached hydrogens (tertiary/aromatic N) is 1. The molecule has 0 amide bonds. The molecule has 0 fully saturated rings. The van der Waals surface area contributed by atoms with Crippen LogP contribution in [0.2, 0.25) is 5.02 Å². The van der Waals surface area contributed by atoms with Gasteiger partial charge in [-0.2, -0.15) is 4.39 Å². The number of hydrogen-bond donors (Lipinski definition) is 0. The molecule has 0 saturated heterocycles. The minimum atomic E-state index is -1.10. The van der Waals surface area contributed by atoms with E-state index in [2.05, 4.69) is 4.74 Å². The van der Waals surface area contributed by atoms with Crippen molar-refractivity contribution in [2.45, 2.75) is 13.0 Å². The largest absolute Gasteiger partial charge is 0.477 e. The summed E-state index contributed by atoms with van der Waals surface area (Å²) in [4.78, 5) is 20.6. The predicted octanol–water partition coefficient (Wildman–Crippen LogP) is 2.33. The van der Waals surface area contributed by atoms with Crippen molar-refractivity contribution in [3.8, 4) is 5.75 Å². The summed E-state index contributed by atoms with van der Waals surface area (Å²) < 4.78 is 22.8. The normalized spacial score (nSPS) is 11.8. The molecule has 18 heavy (non-hydrogen) atoms. The fourth-order valence-electron chi connectivity index (χ4n) is 1.15. The lowest BCUT2D eigenvalue weighted by Gasteiger charge is -2.13. The van der Waals surface area contributed by atoms with Crippen LogP contribution in [-0.4, -0.2) is 24.1 Å². The summed E-state index contributed by atoms with van der Waals surface area (Å²) in [7, 11) is 1.17. The van der Waals surface area contributed by atoms with Crippen molar-refractivity contribution in [1.29, 1.82) is 0 Å². The SMILES string of the molecule is COC(=O)[C@@H](C)Oc1cc(F)c([N+](=O)[O-])cc1Cl. The van der Waals surface area contributed by atoms with Gasteiger partial charge < -0.3 is 9.47 Å². The number of nitro benzene ring substituents is 1. The zero-order chi connectivity index (χ0) is 13.9. The number of ether oxygens (including phenoxy) is 2. The summed E-state index contributed by atoms with van der Waals surface area (Å²) in [5, 5.41) is 10.3. The number of methoxy groups -OCH3 is 1. The maximum Gasteiger partial charge on any atom is 0.346 e. The lowest BCUT2D eigenvalue weighted by molar-refractivity contribution is -0.387. The van der Waals surface area contributed by atoms with Crippen molar-refractivity contribution in [3.63, 3.8) is 0 Å². The van der Waals surface area contributed by atoms with E-state index in [1.807, 2.05) is 0 Å². The van der Waals surface area contributed by atoms with Gasteiger partial charge in [-0.1, -0.05) is 11.6 Å². The van der Waals surface area contributed by atoms with Crippen LogP contribution in [0.5, 0.6) is 5.75 Å². The molecule has 0 aliphatic heterocycles. The number of esters is 1. The molecule has 6 nitrogen and oxygen atoms in total. The third-order valence-electron chi connectivity index (χ3n) is 2.03. The lowest BCUT2D eigenvalue weighted by atomic mass is 10.3. The van der Waals surface area contributed by atoms with E-state index in [-0.39, 0.29) is 10.8 Å².